The lowest BCUT2D eigenvalue weighted by molar-refractivity contribution is -0.135. The van der Waals surface area contributed by atoms with Crippen molar-refractivity contribution < 1.29 is 14.3 Å². The van der Waals surface area contributed by atoms with Crippen LogP contribution in [0.5, 0.6) is 0 Å². The summed E-state index contributed by atoms with van der Waals surface area (Å²) in [4.78, 5) is 28.1. The quantitative estimate of drug-likeness (QED) is 0.648. The Labute approximate surface area is 157 Å². The van der Waals surface area contributed by atoms with Gasteiger partial charge in [-0.1, -0.05) is 13.8 Å². The monoisotopic (exact) mass is 386 g/mol. The van der Waals surface area contributed by atoms with Crippen molar-refractivity contribution in [3.05, 3.63) is 0 Å². The van der Waals surface area contributed by atoms with Gasteiger partial charge in [0.2, 0.25) is 11.8 Å². The van der Waals surface area contributed by atoms with Crippen LogP contribution >= 0.6 is 24.8 Å². The molecule has 1 unspecified atom stereocenters. The maximum Gasteiger partial charge on any atom is 0.242 e. The van der Waals surface area contributed by atoms with E-state index < -0.39 is 6.04 Å². The lowest BCUT2D eigenvalue weighted by atomic mass is 10.1. The lowest BCUT2D eigenvalue weighted by Crippen LogP contribution is -2.56. The number of carbonyl (C=O) groups excluding carboxylic acids is 2. The van der Waals surface area contributed by atoms with Crippen molar-refractivity contribution >= 4 is 36.6 Å². The number of rotatable bonds is 7. The van der Waals surface area contributed by atoms with Crippen LogP contribution in [0.3, 0.4) is 0 Å². The van der Waals surface area contributed by atoms with E-state index >= 15 is 0 Å². The van der Waals surface area contributed by atoms with E-state index in [2.05, 4.69) is 17.1 Å². The first kappa shape index (κ1) is 25.6. The minimum atomic E-state index is -0.572. The molecule has 7 nitrogen and oxygen atoms in total. The molecule has 1 heterocycles. The SMILES string of the molecule is COCCN1CCN(C(=O)CNC(=O)[C@@H](N)C(C)C)CC1C.Cl.Cl. The van der Waals surface area contributed by atoms with Gasteiger partial charge >= 0.3 is 0 Å². The number of nitrogens with zero attached hydrogens (tertiary/aromatic N) is 2. The van der Waals surface area contributed by atoms with E-state index in [9.17, 15) is 9.59 Å². The van der Waals surface area contributed by atoms with Crippen LogP contribution in [0.25, 0.3) is 0 Å². The second kappa shape index (κ2) is 12.7. The number of hydrogen-bond acceptors (Lipinski definition) is 5. The third kappa shape index (κ3) is 7.98. The molecule has 0 aromatic rings. The third-order valence-electron chi connectivity index (χ3n) is 4.14. The van der Waals surface area contributed by atoms with E-state index in [1.165, 1.54) is 0 Å². The molecule has 2 amide bonds. The van der Waals surface area contributed by atoms with Crippen molar-refractivity contribution in [1.82, 2.24) is 15.1 Å². The average Bonchev–Trinajstić information content (AvgIpc) is 2.50. The van der Waals surface area contributed by atoms with Gasteiger partial charge in [0, 0.05) is 39.3 Å². The van der Waals surface area contributed by atoms with Gasteiger partial charge in [-0.15, -0.1) is 24.8 Å². The molecule has 0 spiro atoms. The second-order valence-electron chi connectivity index (χ2n) is 6.21. The van der Waals surface area contributed by atoms with Gasteiger partial charge in [0.25, 0.3) is 0 Å². The molecule has 1 rings (SSSR count). The van der Waals surface area contributed by atoms with Crippen molar-refractivity contribution in [2.75, 3.05) is 46.4 Å². The van der Waals surface area contributed by atoms with Crippen LogP contribution in [0.15, 0.2) is 0 Å². The number of nitrogens with one attached hydrogen (secondary N) is 1. The Balaban J connectivity index is 0. The molecule has 0 bridgehead atoms. The third-order valence-corrected chi connectivity index (χ3v) is 4.14. The van der Waals surface area contributed by atoms with E-state index in [0.29, 0.717) is 25.7 Å². The summed E-state index contributed by atoms with van der Waals surface area (Å²) in [6.07, 6.45) is 0. The summed E-state index contributed by atoms with van der Waals surface area (Å²) in [6.45, 7) is 9.64. The van der Waals surface area contributed by atoms with Gasteiger partial charge in [-0.3, -0.25) is 14.5 Å². The Morgan fingerprint density at radius 1 is 1.29 bits per heavy atom. The molecule has 3 N–H and O–H groups in total. The summed E-state index contributed by atoms with van der Waals surface area (Å²) in [6, 6.07) is -0.279. The average molecular weight is 387 g/mol. The molecule has 1 saturated heterocycles. The predicted octanol–water partition coefficient (Wildman–Crippen LogP) is 0.109. The van der Waals surface area contributed by atoms with Gasteiger partial charge in [-0.05, 0) is 12.8 Å². The molecule has 1 fully saturated rings. The predicted molar refractivity (Wildman–Crippen MR) is 99.8 cm³/mol. The molecular weight excluding hydrogens is 355 g/mol. The maximum atomic E-state index is 12.2. The number of methoxy groups -OCH3 is 1. The summed E-state index contributed by atoms with van der Waals surface area (Å²) in [5.74, 6) is -0.267. The van der Waals surface area contributed by atoms with Crippen LogP contribution in [0.4, 0.5) is 0 Å². The summed E-state index contributed by atoms with van der Waals surface area (Å²) in [5.41, 5.74) is 5.76. The first-order chi connectivity index (χ1) is 10.4. The zero-order valence-corrected chi connectivity index (χ0v) is 16.6. The van der Waals surface area contributed by atoms with Crippen LogP contribution in [-0.4, -0.2) is 80.1 Å². The normalized spacial score (nSPS) is 19.2. The highest BCUT2D eigenvalue weighted by atomic mass is 35.5. The van der Waals surface area contributed by atoms with Crippen LogP contribution in [0.2, 0.25) is 0 Å². The first-order valence-corrected chi connectivity index (χ1v) is 7.90. The zero-order chi connectivity index (χ0) is 16.7. The summed E-state index contributed by atoms with van der Waals surface area (Å²) < 4.78 is 5.09. The van der Waals surface area contributed by atoms with Crippen molar-refractivity contribution in [2.24, 2.45) is 11.7 Å². The standard InChI is InChI=1S/C15H30N4O3.2ClH/c1-11(2)14(16)15(21)17-9-13(20)19-6-5-18(7-8-22-4)12(3)10-19;;/h11-12,14H,5-10,16H2,1-4H3,(H,17,21);2*1H/t12?,14-;;/m0../s1. The number of carbonyl (C=O) groups is 2. The second-order valence-corrected chi connectivity index (χ2v) is 6.21. The van der Waals surface area contributed by atoms with Gasteiger partial charge in [-0.25, -0.2) is 0 Å². The van der Waals surface area contributed by atoms with Crippen molar-refractivity contribution in [3.8, 4) is 0 Å². The van der Waals surface area contributed by atoms with Gasteiger partial charge in [-0.2, -0.15) is 0 Å². The molecule has 1 aliphatic rings. The van der Waals surface area contributed by atoms with Crippen molar-refractivity contribution in [1.29, 1.82) is 0 Å². The van der Waals surface area contributed by atoms with Crippen molar-refractivity contribution in [3.63, 3.8) is 0 Å². The highest BCUT2D eigenvalue weighted by Crippen LogP contribution is 2.09. The van der Waals surface area contributed by atoms with E-state index in [1.807, 2.05) is 13.8 Å². The Morgan fingerprint density at radius 2 is 1.92 bits per heavy atom. The van der Waals surface area contributed by atoms with E-state index in [0.717, 1.165) is 13.1 Å². The number of nitrogens with two attached hydrogens (primary N) is 1. The molecule has 0 radical (unpaired) electrons. The number of halogens is 2. The number of hydrogen-bond donors (Lipinski definition) is 2. The highest BCUT2D eigenvalue weighted by molar-refractivity contribution is 5.87. The fourth-order valence-corrected chi connectivity index (χ4v) is 2.46. The molecule has 2 atom stereocenters. The molecule has 0 aliphatic carbocycles. The molecule has 9 heteroatoms. The minimum absolute atomic E-state index is 0. The van der Waals surface area contributed by atoms with Crippen molar-refractivity contribution in [2.45, 2.75) is 32.9 Å². The number of ether oxygens (including phenoxy) is 1. The highest BCUT2D eigenvalue weighted by Gasteiger charge is 2.27. The Hall–Kier alpha value is -0.600. The number of amides is 2. The maximum absolute atomic E-state index is 12.2. The van der Waals surface area contributed by atoms with Crippen LogP contribution in [0.1, 0.15) is 20.8 Å². The largest absolute Gasteiger partial charge is 0.383 e. The Kier molecular flexibility index (Phi) is 13.6. The van der Waals surface area contributed by atoms with Gasteiger partial charge in [0.15, 0.2) is 0 Å². The molecule has 144 valence electrons. The topological polar surface area (TPSA) is 87.9 Å². The van der Waals surface area contributed by atoms with Crippen LogP contribution < -0.4 is 11.1 Å². The van der Waals surface area contributed by atoms with E-state index in [1.54, 1.807) is 12.0 Å². The molecule has 0 saturated carbocycles. The fourth-order valence-electron chi connectivity index (χ4n) is 2.46. The van der Waals surface area contributed by atoms with E-state index in [-0.39, 0.29) is 49.1 Å². The van der Waals surface area contributed by atoms with Gasteiger partial charge < -0.3 is 20.7 Å². The molecule has 24 heavy (non-hydrogen) atoms. The van der Waals surface area contributed by atoms with Crippen LogP contribution in [-0.2, 0) is 14.3 Å². The minimum Gasteiger partial charge on any atom is -0.383 e. The zero-order valence-electron chi connectivity index (χ0n) is 15.0. The molecule has 1 aliphatic heterocycles. The fraction of sp³-hybridized carbons (Fsp3) is 0.867. The number of piperazine rings is 1. The summed E-state index contributed by atoms with van der Waals surface area (Å²) in [7, 11) is 1.69. The summed E-state index contributed by atoms with van der Waals surface area (Å²) >= 11 is 0. The van der Waals surface area contributed by atoms with Crippen LogP contribution in [0, 0.1) is 5.92 Å². The molecular formula is C15H32Cl2N4O3. The molecule has 0 aromatic heterocycles. The smallest absolute Gasteiger partial charge is 0.242 e. The lowest BCUT2D eigenvalue weighted by Gasteiger charge is -2.39. The van der Waals surface area contributed by atoms with E-state index in [4.69, 9.17) is 10.5 Å². The molecule has 0 aromatic carbocycles. The summed E-state index contributed by atoms with van der Waals surface area (Å²) in [5, 5.41) is 2.63. The van der Waals surface area contributed by atoms with Gasteiger partial charge in [0.05, 0.1) is 19.2 Å². The Bertz CT molecular complexity index is 386. The van der Waals surface area contributed by atoms with Gasteiger partial charge in [0.1, 0.15) is 0 Å². The Morgan fingerprint density at radius 3 is 2.42 bits per heavy atom. The first-order valence-electron chi connectivity index (χ1n) is 7.90.